The summed E-state index contributed by atoms with van der Waals surface area (Å²) >= 11 is 0. The number of benzene rings is 1. The van der Waals surface area contributed by atoms with Crippen LogP contribution in [0.25, 0.3) is 5.69 Å². The van der Waals surface area contributed by atoms with Gasteiger partial charge in [0.25, 0.3) is 5.91 Å². The van der Waals surface area contributed by atoms with Gasteiger partial charge in [-0.2, -0.15) is 0 Å². The molecule has 1 saturated heterocycles. The minimum absolute atomic E-state index is 0.158. The van der Waals surface area contributed by atoms with E-state index < -0.39 is 5.54 Å². The van der Waals surface area contributed by atoms with Crippen LogP contribution in [0.2, 0.25) is 0 Å². The molecule has 1 fully saturated rings. The summed E-state index contributed by atoms with van der Waals surface area (Å²) in [6, 6.07) is 11.3. The Labute approximate surface area is 141 Å². The van der Waals surface area contributed by atoms with E-state index in [4.69, 9.17) is 4.74 Å². The fourth-order valence-corrected chi connectivity index (χ4v) is 2.73. The molecule has 0 unspecified atom stereocenters. The van der Waals surface area contributed by atoms with E-state index in [1.54, 1.807) is 17.0 Å². The Hall–Kier alpha value is -2.76. The van der Waals surface area contributed by atoms with Crippen molar-refractivity contribution in [3.8, 4) is 5.69 Å². The lowest BCUT2D eigenvalue weighted by Crippen LogP contribution is -2.52. The fraction of sp³-hybridized carbons (Fsp3) is 0.333. The van der Waals surface area contributed by atoms with Gasteiger partial charge in [-0.25, -0.2) is 4.79 Å². The van der Waals surface area contributed by atoms with Gasteiger partial charge in [0.1, 0.15) is 6.61 Å². The molecule has 0 aliphatic carbocycles. The van der Waals surface area contributed by atoms with E-state index in [0.717, 1.165) is 5.69 Å². The van der Waals surface area contributed by atoms with Crippen LogP contribution >= 0.6 is 0 Å². The van der Waals surface area contributed by atoms with E-state index in [1.165, 1.54) is 0 Å². The number of hydrogen-bond acceptors (Lipinski definition) is 3. The van der Waals surface area contributed by atoms with Crippen LogP contribution in [0.5, 0.6) is 0 Å². The Balaban J connectivity index is 1.61. The van der Waals surface area contributed by atoms with Crippen molar-refractivity contribution in [2.75, 3.05) is 19.7 Å². The van der Waals surface area contributed by atoms with Crippen molar-refractivity contribution in [1.82, 2.24) is 14.8 Å². The van der Waals surface area contributed by atoms with Crippen molar-refractivity contribution in [3.63, 3.8) is 0 Å². The molecule has 0 radical (unpaired) electrons. The number of cyclic esters (lactones) is 1. The average Bonchev–Trinajstić information content (AvgIpc) is 3.24. The van der Waals surface area contributed by atoms with E-state index in [9.17, 15) is 9.59 Å². The van der Waals surface area contributed by atoms with Crippen molar-refractivity contribution >= 4 is 12.0 Å². The predicted octanol–water partition coefficient (Wildman–Crippen LogP) is 2.44. The highest BCUT2D eigenvalue weighted by Crippen LogP contribution is 2.19. The second-order valence-electron chi connectivity index (χ2n) is 6.40. The highest BCUT2D eigenvalue weighted by Gasteiger charge is 2.35. The van der Waals surface area contributed by atoms with Crippen LogP contribution in [0.1, 0.15) is 24.2 Å². The molecule has 3 rings (SSSR count). The number of aromatic nitrogens is 1. The molecule has 1 aromatic heterocycles. The number of nitrogens with one attached hydrogen (secondary N) is 1. The topological polar surface area (TPSA) is 63.6 Å². The molecule has 0 spiro atoms. The fourth-order valence-electron chi connectivity index (χ4n) is 2.73. The van der Waals surface area contributed by atoms with Gasteiger partial charge in [0.15, 0.2) is 0 Å². The molecule has 2 aromatic rings. The Bertz CT molecular complexity index is 720. The van der Waals surface area contributed by atoms with Gasteiger partial charge in [-0.15, -0.1) is 0 Å². The molecule has 2 heterocycles. The standard InChI is InChI=1S/C18H21N3O3/c1-18(2,21-11-12-24-17(21)23)13-19-16(22)14-5-7-15(8-6-14)20-9-3-4-10-20/h3-10H,11-13H2,1-2H3,(H,19,22). The van der Waals surface area contributed by atoms with E-state index >= 15 is 0 Å². The lowest BCUT2D eigenvalue weighted by atomic mass is 10.0. The highest BCUT2D eigenvalue weighted by atomic mass is 16.6. The zero-order valence-electron chi connectivity index (χ0n) is 13.9. The summed E-state index contributed by atoms with van der Waals surface area (Å²) in [5.41, 5.74) is 1.09. The summed E-state index contributed by atoms with van der Waals surface area (Å²) in [7, 11) is 0. The minimum Gasteiger partial charge on any atom is -0.448 e. The van der Waals surface area contributed by atoms with Gasteiger partial charge in [-0.3, -0.25) is 9.69 Å². The van der Waals surface area contributed by atoms with Crippen molar-refractivity contribution in [2.45, 2.75) is 19.4 Å². The van der Waals surface area contributed by atoms with Crippen molar-refractivity contribution in [3.05, 3.63) is 54.4 Å². The van der Waals surface area contributed by atoms with Gasteiger partial charge in [0.05, 0.1) is 12.1 Å². The van der Waals surface area contributed by atoms with Gasteiger partial charge in [-0.05, 0) is 50.2 Å². The van der Waals surface area contributed by atoms with Crippen LogP contribution in [0.3, 0.4) is 0 Å². The highest BCUT2D eigenvalue weighted by molar-refractivity contribution is 5.94. The van der Waals surface area contributed by atoms with Crippen LogP contribution in [-0.4, -0.2) is 46.7 Å². The monoisotopic (exact) mass is 327 g/mol. The first-order valence-corrected chi connectivity index (χ1v) is 7.93. The van der Waals surface area contributed by atoms with Crippen molar-refractivity contribution < 1.29 is 14.3 Å². The Morgan fingerprint density at radius 1 is 1.21 bits per heavy atom. The van der Waals surface area contributed by atoms with Crippen LogP contribution in [-0.2, 0) is 4.74 Å². The molecule has 1 N–H and O–H groups in total. The number of nitrogens with zero attached hydrogens (tertiary/aromatic N) is 2. The van der Waals surface area contributed by atoms with Gasteiger partial charge in [0, 0.05) is 30.2 Å². The zero-order valence-corrected chi connectivity index (χ0v) is 13.9. The molecule has 0 bridgehead atoms. The molecule has 2 amide bonds. The average molecular weight is 327 g/mol. The number of hydrogen-bond donors (Lipinski definition) is 1. The molecule has 6 heteroatoms. The SMILES string of the molecule is CC(C)(CNC(=O)c1ccc(-n2cccc2)cc1)N1CCOC1=O. The zero-order chi connectivity index (χ0) is 17.2. The summed E-state index contributed by atoms with van der Waals surface area (Å²) in [4.78, 5) is 25.6. The van der Waals surface area contributed by atoms with Gasteiger partial charge < -0.3 is 14.6 Å². The van der Waals surface area contributed by atoms with Crippen LogP contribution in [0.15, 0.2) is 48.8 Å². The number of carbonyl (C=O) groups excluding carboxylic acids is 2. The number of amides is 2. The first-order valence-electron chi connectivity index (χ1n) is 7.93. The second-order valence-corrected chi connectivity index (χ2v) is 6.40. The third-order valence-electron chi connectivity index (χ3n) is 4.21. The maximum Gasteiger partial charge on any atom is 0.410 e. The van der Waals surface area contributed by atoms with Crippen LogP contribution in [0.4, 0.5) is 4.79 Å². The van der Waals surface area contributed by atoms with Gasteiger partial charge >= 0.3 is 6.09 Å². The lowest BCUT2D eigenvalue weighted by molar-refractivity contribution is 0.0903. The summed E-state index contributed by atoms with van der Waals surface area (Å²) in [6.45, 7) is 5.13. The summed E-state index contributed by atoms with van der Waals surface area (Å²) in [5.74, 6) is -0.158. The van der Waals surface area contributed by atoms with E-state index in [-0.39, 0.29) is 12.0 Å². The Morgan fingerprint density at radius 3 is 2.46 bits per heavy atom. The molecule has 6 nitrogen and oxygen atoms in total. The third kappa shape index (κ3) is 3.27. The first-order chi connectivity index (χ1) is 11.5. The van der Waals surface area contributed by atoms with Crippen LogP contribution < -0.4 is 5.32 Å². The molecule has 1 aliphatic heterocycles. The normalized spacial score (nSPS) is 14.6. The largest absolute Gasteiger partial charge is 0.448 e. The maximum absolute atomic E-state index is 12.3. The first kappa shape index (κ1) is 16.1. The molecular formula is C18H21N3O3. The number of carbonyl (C=O) groups is 2. The summed E-state index contributed by atoms with van der Waals surface area (Å²) < 4.78 is 6.94. The lowest BCUT2D eigenvalue weighted by Gasteiger charge is -2.33. The minimum atomic E-state index is -0.492. The number of rotatable bonds is 5. The molecular weight excluding hydrogens is 306 g/mol. The maximum atomic E-state index is 12.3. The molecule has 1 aromatic carbocycles. The molecule has 24 heavy (non-hydrogen) atoms. The molecule has 1 aliphatic rings. The van der Waals surface area contributed by atoms with E-state index in [1.807, 2.05) is 55.1 Å². The van der Waals surface area contributed by atoms with E-state index in [2.05, 4.69) is 5.32 Å². The van der Waals surface area contributed by atoms with Gasteiger partial charge in [0.2, 0.25) is 0 Å². The summed E-state index contributed by atoms with van der Waals surface area (Å²) in [5, 5.41) is 2.90. The number of ether oxygens (including phenoxy) is 1. The molecule has 126 valence electrons. The third-order valence-corrected chi connectivity index (χ3v) is 4.21. The predicted molar refractivity (Wildman–Crippen MR) is 90.2 cm³/mol. The van der Waals surface area contributed by atoms with Crippen molar-refractivity contribution in [2.24, 2.45) is 0 Å². The van der Waals surface area contributed by atoms with Crippen LogP contribution in [0, 0.1) is 0 Å². The quantitative estimate of drug-likeness (QED) is 0.917. The molecule has 0 saturated carbocycles. The Kier molecular flexibility index (Phi) is 4.29. The Morgan fingerprint density at radius 2 is 1.88 bits per heavy atom. The van der Waals surface area contributed by atoms with Crippen molar-refractivity contribution in [1.29, 1.82) is 0 Å². The van der Waals surface area contributed by atoms with E-state index in [0.29, 0.717) is 25.3 Å². The summed E-state index contributed by atoms with van der Waals surface area (Å²) in [6.07, 6.45) is 3.57. The molecule has 0 atom stereocenters. The second kappa shape index (κ2) is 6.39. The van der Waals surface area contributed by atoms with Gasteiger partial charge in [-0.1, -0.05) is 0 Å². The smallest absolute Gasteiger partial charge is 0.410 e.